The molecule has 0 aromatic carbocycles. The Balaban J connectivity index is 2.94. The third-order valence-electron chi connectivity index (χ3n) is 1.09. The van der Waals surface area contributed by atoms with E-state index < -0.39 is 0 Å². The first-order chi connectivity index (χ1) is 4.34. The van der Waals surface area contributed by atoms with E-state index in [1.807, 2.05) is 13.2 Å². The van der Waals surface area contributed by atoms with Crippen LogP contribution in [0.1, 0.15) is 5.82 Å². The molecule has 0 aliphatic rings. The van der Waals surface area contributed by atoms with Gasteiger partial charge in [0, 0.05) is 0 Å². The van der Waals surface area contributed by atoms with Gasteiger partial charge in [-0.05, 0) is 0 Å². The lowest BCUT2D eigenvalue weighted by Crippen LogP contribution is -2.30. The van der Waals surface area contributed by atoms with Crippen LogP contribution in [0.2, 0.25) is 0 Å². The van der Waals surface area contributed by atoms with Crippen molar-refractivity contribution >= 4 is 6.21 Å². The number of hydrogen-bond donors (Lipinski definition) is 2. The van der Waals surface area contributed by atoms with Gasteiger partial charge < -0.3 is 5.21 Å². The number of nitrogens with one attached hydrogen (secondary N) is 1. The predicted octanol–water partition coefficient (Wildman–Crippen LogP) is -0.353. The van der Waals surface area contributed by atoms with E-state index in [0.29, 0.717) is 0 Å². The van der Waals surface area contributed by atoms with E-state index in [0.717, 1.165) is 5.82 Å². The molecule has 0 amide bonds. The highest BCUT2D eigenvalue weighted by atomic mass is 16.4. The minimum Gasteiger partial charge on any atom is -0.411 e. The SMILES string of the molecule is C[n+]1cc[nH]c1C=NO. The molecule has 0 unspecified atom stereocenters. The second-order valence-corrected chi connectivity index (χ2v) is 1.70. The summed E-state index contributed by atoms with van der Waals surface area (Å²) >= 11 is 0. The molecule has 0 spiro atoms. The smallest absolute Gasteiger partial charge is 0.301 e. The predicted molar refractivity (Wildman–Crippen MR) is 31.3 cm³/mol. The molecule has 4 heteroatoms. The van der Waals surface area contributed by atoms with Crippen molar-refractivity contribution in [3.8, 4) is 0 Å². The molecule has 0 aliphatic heterocycles. The molecule has 0 radical (unpaired) electrons. The maximum absolute atomic E-state index is 8.10. The van der Waals surface area contributed by atoms with Crippen LogP contribution in [0.4, 0.5) is 0 Å². The molecule has 1 heterocycles. The Kier molecular flexibility index (Phi) is 1.48. The summed E-state index contributed by atoms with van der Waals surface area (Å²) in [5, 5.41) is 11.0. The van der Waals surface area contributed by atoms with Crippen molar-refractivity contribution in [1.82, 2.24) is 4.98 Å². The summed E-state index contributed by atoms with van der Waals surface area (Å²) in [6, 6.07) is 0. The summed E-state index contributed by atoms with van der Waals surface area (Å²) in [4.78, 5) is 2.86. The molecule has 48 valence electrons. The standard InChI is InChI=1S/C5H7N3O/c1-8-3-2-6-5(8)4-7-9/h2-4H,1H3,(H,6,9)/p+1. The van der Waals surface area contributed by atoms with Crippen molar-refractivity contribution in [3.05, 3.63) is 18.2 Å². The van der Waals surface area contributed by atoms with Crippen LogP contribution in [0, 0.1) is 0 Å². The first-order valence-electron chi connectivity index (χ1n) is 2.55. The maximum atomic E-state index is 8.10. The summed E-state index contributed by atoms with van der Waals surface area (Å²) in [6.45, 7) is 0. The quantitative estimate of drug-likeness (QED) is 0.230. The lowest BCUT2D eigenvalue weighted by atomic mass is 10.7. The van der Waals surface area contributed by atoms with Crippen molar-refractivity contribution in [3.63, 3.8) is 0 Å². The van der Waals surface area contributed by atoms with Crippen molar-refractivity contribution in [2.45, 2.75) is 0 Å². The summed E-state index contributed by atoms with van der Waals surface area (Å²) in [5.74, 6) is 0.762. The van der Waals surface area contributed by atoms with Crippen LogP contribution >= 0.6 is 0 Å². The van der Waals surface area contributed by atoms with Gasteiger partial charge in [-0.15, -0.1) is 0 Å². The minimum absolute atomic E-state index is 0.762. The van der Waals surface area contributed by atoms with Crippen LogP contribution in [0.15, 0.2) is 17.5 Å². The fraction of sp³-hybridized carbons (Fsp3) is 0.200. The van der Waals surface area contributed by atoms with E-state index in [1.54, 1.807) is 10.8 Å². The zero-order valence-corrected chi connectivity index (χ0v) is 5.07. The van der Waals surface area contributed by atoms with E-state index in [-0.39, 0.29) is 0 Å². The van der Waals surface area contributed by atoms with Gasteiger partial charge in [0.2, 0.25) is 0 Å². The van der Waals surface area contributed by atoms with Crippen molar-refractivity contribution in [2.24, 2.45) is 12.2 Å². The van der Waals surface area contributed by atoms with Crippen molar-refractivity contribution in [2.75, 3.05) is 0 Å². The molecule has 0 fully saturated rings. The average molecular weight is 126 g/mol. The first-order valence-corrected chi connectivity index (χ1v) is 2.55. The Hall–Kier alpha value is -1.32. The van der Waals surface area contributed by atoms with E-state index >= 15 is 0 Å². The molecule has 1 aromatic heterocycles. The molecular weight excluding hydrogens is 118 g/mol. The highest BCUT2D eigenvalue weighted by molar-refractivity contribution is 5.71. The number of hydrogen-bond acceptors (Lipinski definition) is 2. The van der Waals surface area contributed by atoms with Crippen LogP contribution in [-0.4, -0.2) is 16.4 Å². The van der Waals surface area contributed by atoms with Gasteiger partial charge >= 0.3 is 5.82 Å². The zero-order valence-electron chi connectivity index (χ0n) is 5.07. The van der Waals surface area contributed by atoms with Gasteiger partial charge in [-0.25, -0.2) is 9.55 Å². The highest BCUT2D eigenvalue weighted by Crippen LogP contribution is 1.76. The summed E-state index contributed by atoms with van der Waals surface area (Å²) < 4.78 is 1.81. The number of H-pyrrole nitrogens is 1. The average Bonchev–Trinajstić information content (AvgIpc) is 2.18. The molecule has 1 rings (SSSR count). The van der Waals surface area contributed by atoms with E-state index in [2.05, 4.69) is 10.1 Å². The summed E-state index contributed by atoms with van der Waals surface area (Å²) in [7, 11) is 1.85. The monoisotopic (exact) mass is 126 g/mol. The fourth-order valence-corrected chi connectivity index (χ4v) is 0.600. The molecule has 0 saturated heterocycles. The van der Waals surface area contributed by atoms with Crippen LogP contribution in [-0.2, 0) is 7.05 Å². The molecule has 0 bridgehead atoms. The summed E-state index contributed by atoms with van der Waals surface area (Å²) in [6.07, 6.45) is 4.92. The molecule has 9 heavy (non-hydrogen) atoms. The van der Waals surface area contributed by atoms with Gasteiger partial charge in [0.25, 0.3) is 0 Å². The molecule has 2 N–H and O–H groups in total. The third-order valence-corrected chi connectivity index (χ3v) is 1.09. The highest BCUT2D eigenvalue weighted by Gasteiger charge is 1.99. The van der Waals surface area contributed by atoms with Gasteiger partial charge in [-0.2, -0.15) is 0 Å². The molecule has 1 aromatic rings. The molecule has 0 aliphatic carbocycles. The molecule has 0 atom stereocenters. The first kappa shape index (κ1) is 5.81. The lowest BCUT2D eigenvalue weighted by Gasteiger charge is -1.79. The number of aromatic amines is 1. The summed E-state index contributed by atoms with van der Waals surface area (Å²) in [5.41, 5.74) is 0. The molecule has 4 nitrogen and oxygen atoms in total. The van der Waals surface area contributed by atoms with Gasteiger partial charge in [0.15, 0.2) is 6.21 Å². The van der Waals surface area contributed by atoms with E-state index in [1.165, 1.54) is 6.21 Å². The largest absolute Gasteiger partial charge is 0.411 e. The van der Waals surface area contributed by atoms with E-state index in [4.69, 9.17) is 5.21 Å². The normalized spacial score (nSPS) is 10.8. The lowest BCUT2D eigenvalue weighted by molar-refractivity contribution is -0.671. The number of imidazole rings is 1. The van der Waals surface area contributed by atoms with Crippen molar-refractivity contribution < 1.29 is 9.77 Å². The Morgan fingerprint density at radius 2 is 2.67 bits per heavy atom. The number of oxime groups is 1. The third kappa shape index (κ3) is 1.07. The van der Waals surface area contributed by atoms with Gasteiger partial charge in [-0.1, -0.05) is 5.16 Å². The fourth-order valence-electron chi connectivity index (χ4n) is 0.600. The number of nitrogens with zero attached hydrogens (tertiary/aromatic N) is 2. The Bertz CT molecular complexity index is 216. The Morgan fingerprint density at radius 1 is 1.89 bits per heavy atom. The van der Waals surface area contributed by atoms with Crippen LogP contribution in [0.3, 0.4) is 0 Å². The second-order valence-electron chi connectivity index (χ2n) is 1.70. The van der Waals surface area contributed by atoms with E-state index in [9.17, 15) is 0 Å². The maximum Gasteiger partial charge on any atom is 0.301 e. The Morgan fingerprint density at radius 3 is 3.11 bits per heavy atom. The topological polar surface area (TPSA) is 52.3 Å². The Labute approximate surface area is 52.4 Å². The number of aryl methyl sites for hydroxylation is 1. The molecular formula is C5H8N3O+. The second kappa shape index (κ2) is 2.30. The van der Waals surface area contributed by atoms with Crippen molar-refractivity contribution in [1.29, 1.82) is 0 Å². The van der Waals surface area contributed by atoms with Crippen LogP contribution in [0.25, 0.3) is 0 Å². The molecule has 0 saturated carbocycles. The van der Waals surface area contributed by atoms with Gasteiger partial charge in [-0.3, -0.25) is 0 Å². The van der Waals surface area contributed by atoms with Crippen LogP contribution < -0.4 is 4.57 Å². The van der Waals surface area contributed by atoms with Gasteiger partial charge in [0.1, 0.15) is 12.4 Å². The van der Waals surface area contributed by atoms with Gasteiger partial charge in [0.05, 0.1) is 7.05 Å². The minimum atomic E-state index is 0.762. The number of aromatic nitrogens is 2. The number of rotatable bonds is 1. The van der Waals surface area contributed by atoms with Crippen LogP contribution in [0.5, 0.6) is 0 Å². The zero-order chi connectivity index (χ0) is 6.69.